The zero-order chi connectivity index (χ0) is 23.7. The summed E-state index contributed by atoms with van der Waals surface area (Å²) in [6.07, 6.45) is 19.0. The summed E-state index contributed by atoms with van der Waals surface area (Å²) in [7, 11) is 0. The van der Waals surface area contributed by atoms with Gasteiger partial charge in [0, 0.05) is 5.41 Å². The van der Waals surface area contributed by atoms with E-state index in [4.69, 9.17) is 6.42 Å². The van der Waals surface area contributed by atoms with Crippen molar-refractivity contribution in [2.24, 2.45) is 62.6 Å². The van der Waals surface area contributed by atoms with Crippen molar-refractivity contribution in [2.45, 2.75) is 113 Å². The van der Waals surface area contributed by atoms with E-state index in [-0.39, 0.29) is 56.8 Å². The van der Waals surface area contributed by atoms with Crippen LogP contribution in [0.1, 0.15) is 113 Å². The molecule has 1 nitrogen and oxygen atoms in total. The first-order chi connectivity index (χ1) is 14.8. The van der Waals surface area contributed by atoms with Crippen molar-refractivity contribution in [3.05, 3.63) is 0 Å². The van der Waals surface area contributed by atoms with E-state index in [9.17, 15) is 4.79 Å². The van der Waals surface area contributed by atoms with E-state index in [0.29, 0.717) is 34.0 Å². The van der Waals surface area contributed by atoms with Crippen molar-refractivity contribution in [2.75, 3.05) is 0 Å². The van der Waals surface area contributed by atoms with Gasteiger partial charge in [0.15, 0.2) is 0 Å². The molecule has 0 saturated heterocycles. The van der Waals surface area contributed by atoms with Gasteiger partial charge < -0.3 is 4.79 Å². The minimum atomic E-state index is 0. The average molecular weight is 477 g/mol. The number of carbonyl (C=O) groups excluding carboxylic acids is 1. The van der Waals surface area contributed by atoms with Gasteiger partial charge in [-0.15, -0.1) is 12.3 Å². The number of hydrogen-bond donors (Lipinski definition) is 0. The second-order valence-corrected chi connectivity index (χ2v) is 14.8. The summed E-state index contributed by atoms with van der Waals surface area (Å²) in [5, 5.41) is 0. The van der Waals surface area contributed by atoms with Gasteiger partial charge in [-0.1, -0.05) is 54.9 Å². The average Bonchev–Trinajstić information content (AvgIpc) is 3.06. The Labute approximate surface area is 248 Å². The Hall–Kier alpha value is 0.866. The van der Waals surface area contributed by atoms with Crippen molar-refractivity contribution in [1.29, 1.82) is 0 Å². The molecule has 4 fully saturated rings. The predicted octanol–water partition coefficient (Wildman–Crippen LogP) is 5.09. The Bertz CT molecular complexity index is 791. The first kappa shape index (κ1) is 28.4. The SMILES string of the molecule is C#CC1(C)CCC2(C)C(C1)CC(C)(C)C1C2CC(C)(C)C2(C)C(C(C)CC[C-]=O)CCC12.[K+]. The van der Waals surface area contributed by atoms with Gasteiger partial charge in [0.1, 0.15) is 0 Å². The second-order valence-electron chi connectivity index (χ2n) is 14.8. The van der Waals surface area contributed by atoms with Gasteiger partial charge in [-0.2, -0.15) is 6.42 Å². The fourth-order valence-electron chi connectivity index (χ4n) is 10.4. The van der Waals surface area contributed by atoms with Gasteiger partial charge >= 0.3 is 51.4 Å². The molecule has 0 aromatic heterocycles. The van der Waals surface area contributed by atoms with E-state index >= 15 is 0 Å². The van der Waals surface area contributed by atoms with Crippen LogP contribution in [-0.2, 0) is 4.79 Å². The van der Waals surface area contributed by atoms with Crippen LogP contribution < -0.4 is 51.4 Å². The summed E-state index contributed by atoms with van der Waals surface area (Å²) in [5.74, 6) is 7.72. The normalized spacial score (nSPS) is 48.3. The fraction of sp³-hybridized carbons (Fsp3) is 0.903. The monoisotopic (exact) mass is 476 g/mol. The van der Waals surface area contributed by atoms with Gasteiger partial charge in [0.2, 0.25) is 0 Å². The second kappa shape index (κ2) is 9.31. The van der Waals surface area contributed by atoms with Crippen LogP contribution in [0.5, 0.6) is 0 Å². The predicted molar refractivity (Wildman–Crippen MR) is 135 cm³/mol. The molecular formula is C31H49KO. The van der Waals surface area contributed by atoms with Crippen molar-refractivity contribution < 1.29 is 56.2 Å². The number of rotatable bonds is 4. The third kappa shape index (κ3) is 4.25. The van der Waals surface area contributed by atoms with E-state index in [1.54, 1.807) is 0 Å². The molecule has 4 aliphatic rings. The summed E-state index contributed by atoms with van der Waals surface area (Å²) in [6, 6.07) is 0. The van der Waals surface area contributed by atoms with Gasteiger partial charge in [0.05, 0.1) is 0 Å². The quantitative estimate of drug-likeness (QED) is 0.314. The van der Waals surface area contributed by atoms with Crippen LogP contribution in [0.25, 0.3) is 0 Å². The van der Waals surface area contributed by atoms with Crippen molar-refractivity contribution in [3.8, 4) is 12.3 Å². The molecule has 9 unspecified atom stereocenters. The summed E-state index contributed by atoms with van der Waals surface area (Å²) >= 11 is 0. The topological polar surface area (TPSA) is 17.1 Å². The maximum absolute atomic E-state index is 11.0. The van der Waals surface area contributed by atoms with Crippen molar-refractivity contribution in [1.82, 2.24) is 0 Å². The molecule has 0 bridgehead atoms. The molecule has 4 aliphatic carbocycles. The van der Waals surface area contributed by atoms with Crippen molar-refractivity contribution >= 4 is 6.29 Å². The molecule has 2 heteroatoms. The minimum absolute atomic E-state index is 0. The van der Waals surface area contributed by atoms with Crippen molar-refractivity contribution in [3.63, 3.8) is 0 Å². The van der Waals surface area contributed by atoms with Gasteiger partial charge in [-0.3, -0.25) is 6.29 Å². The van der Waals surface area contributed by atoms with Crippen LogP contribution >= 0.6 is 0 Å². The Morgan fingerprint density at radius 1 is 0.970 bits per heavy atom. The maximum atomic E-state index is 11.0. The van der Waals surface area contributed by atoms with E-state index in [1.807, 2.05) is 0 Å². The van der Waals surface area contributed by atoms with Crippen LogP contribution in [-0.4, -0.2) is 6.29 Å². The molecule has 0 aliphatic heterocycles. The summed E-state index contributed by atoms with van der Waals surface area (Å²) < 4.78 is 0. The molecule has 0 heterocycles. The van der Waals surface area contributed by atoms with E-state index < -0.39 is 0 Å². The minimum Gasteiger partial charge on any atom is -0.542 e. The Morgan fingerprint density at radius 2 is 1.64 bits per heavy atom. The van der Waals surface area contributed by atoms with Crippen LogP contribution in [0.3, 0.4) is 0 Å². The summed E-state index contributed by atoms with van der Waals surface area (Å²) in [6.45, 7) is 20.5. The molecule has 4 rings (SSSR count). The van der Waals surface area contributed by atoms with Gasteiger partial charge in [0.25, 0.3) is 0 Å². The molecule has 0 aromatic carbocycles. The van der Waals surface area contributed by atoms with E-state index in [0.717, 1.165) is 36.0 Å². The Balaban J connectivity index is 0.00000306. The molecule has 0 spiro atoms. The first-order valence-electron chi connectivity index (χ1n) is 13.6. The van der Waals surface area contributed by atoms with Crippen LogP contribution in [0.4, 0.5) is 0 Å². The molecule has 4 saturated carbocycles. The molecule has 33 heavy (non-hydrogen) atoms. The first-order valence-corrected chi connectivity index (χ1v) is 13.6. The number of hydrogen-bond acceptors (Lipinski definition) is 1. The van der Waals surface area contributed by atoms with E-state index in [2.05, 4.69) is 67.6 Å². The third-order valence-electron chi connectivity index (χ3n) is 12.5. The Morgan fingerprint density at radius 3 is 2.24 bits per heavy atom. The van der Waals surface area contributed by atoms with Gasteiger partial charge in [-0.25, -0.2) is 0 Å². The largest absolute Gasteiger partial charge is 1.00 e. The summed E-state index contributed by atoms with van der Waals surface area (Å²) in [4.78, 5) is 11.0. The number of fused-ring (bicyclic) bond motifs is 5. The Kier molecular flexibility index (Phi) is 8.02. The van der Waals surface area contributed by atoms with Gasteiger partial charge in [-0.05, 0) is 109 Å². The molecular weight excluding hydrogens is 427 g/mol. The zero-order valence-corrected chi connectivity index (χ0v) is 26.4. The molecule has 180 valence electrons. The molecule has 0 amide bonds. The standard InChI is InChI=1S/C31H49O.K/c1-10-29(7)15-16-30(8)22(19-29)18-27(3,4)26-24-14-13-23(21(2)12-11-17-32)31(24,9)28(5,6)20-25(26)30;/h1,21-26H,11-16,18-20H2,2-9H3;/q-1;+1. The maximum Gasteiger partial charge on any atom is 1.00 e. The molecule has 9 atom stereocenters. The van der Waals surface area contributed by atoms with E-state index in [1.165, 1.54) is 44.9 Å². The third-order valence-corrected chi connectivity index (χ3v) is 12.5. The van der Waals surface area contributed by atoms with Crippen LogP contribution in [0.2, 0.25) is 0 Å². The molecule has 0 radical (unpaired) electrons. The molecule has 0 aromatic rings. The summed E-state index contributed by atoms with van der Waals surface area (Å²) in [5.41, 5.74) is 1.59. The van der Waals surface area contributed by atoms with Crippen LogP contribution in [0.15, 0.2) is 0 Å². The zero-order valence-electron chi connectivity index (χ0n) is 23.3. The molecule has 0 N–H and O–H groups in total. The number of terminal acetylenes is 1. The fourth-order valence-corrected chi connectivity index (χ4v) is 10.4. The smallest absolute Gasteiger partial charge is 0.542 e. The van der Waals surface area contributed by atoms with Crippen LogP contribution in [0, 0.1) is 74.9 Å².